The summed E-state index contributed by atoms with van der Waals surface area (Å²) in [4.78, 5) is 0. The average molecular weight is 272 g/mol. The van der Waals surface area contributed by atoms with Gasteiger partial charge in [0.05, 0.1) is 9.77 Å². The minimum atomic E-state index is -0.465. The van der Waals surface area contributed by atoms with Crippen LogP contribution in [0.5, 0.6) is 0 Å². The van der Waals surface area contributed by atoms with Crippen LogP contribution in [-0.4, -0.2) is 10.5 Å². The molecule has 0 aliphatic rings. The van der Waals surface area contributed by atoms with Crippen molar-refractivity contribution >= 4 is 33.9 Å². The van der Waals surface area contributed by atoms with Gasteiger partial charge in [0.2, 0.25) is 0 Å². The Morgan fingerprint density at radius 2 is 2.00 bits per heavy atom. The van der Waals surface area contributed by atoms with Gasteiger partial charge in [-0.2, -0.15) is 5.26 Å². The first-order valence-corrected chi connectivity index (χ1v) is 6.04. The fourth-order valence-electron chi connectivity index (χ4n) is 1.01. The van der Waals surface area contributed by atoms with Gasteiger partial charge < -0.3 is 10.4 Å². The molecule has 1 rings (SSSR count). The summed E-state index contributed by atoms with van der Waals surface area (Å²) in [5.41, 5.74) is 0.621. The van der Waals surface area contributed by atoms with Gasteiger partial charge in [0.1, 0.15) is 6.07 Å². The first-order valence-electron chi connectivity index (χ1n) is 4.40. The SMILES string of the molecule is CSC(=S)/C(C#N)=C(\[O-])Nc1ccccc1.[Na+]. The number of hydrogen-bond acceptors (Lipinski definition) is 5. The fourth-order valence-corrected chi connectivity index (χ4v) is 1.49. The molecule has 0 aliphatic carbocycles. The molecule has 0 atom stereocenters. The molecule has 0 saturated heterocycles. The van der Waals surface area contributed by atoms with Crippen molar-refractivity contribution in [3.05, 3.63) is 41.8 Å². The molecular formula is C11H9N2NaOS2. The first kappa shape index (κ1) is 16.5. The smallest absolute Gasteiger partial charge is 0.859 e. The number of nitriles is 1. The third-order valence-corrected chi connectivity index (χ3v) is 3.04. The van der Waals surface area contributed by atoms with E-state index in [4.69, 9.17) is 17.5 Å². The molecule has 82 valence electrons. The number of nitrogens with one attached hydrogen (secondary N) is 1. The first-order chi connectivity index (χ1) is 7.69. The molecule has 1 N–H and O–H groups in total. The van der Waals surface area contributed by atoms with Crippen molar-refractivity contribution < 1.29 is 34.7 Å². The van der Waals surface area contributed by atoms with E-state index < -0.39 is 5.88 Å². The minimum absolute atomic E-state index is 0. The van der Waals surface area contributed by atoms with Crippen LogP contribution in [0, 0.1) is 11.3 Å². The Labute approximate surface area is 132 Å². The summed E-state index contributed by atoms with van der Waals surface area (Å²) < 4.78 is 0.302. The summed E-state index contributed by atoms with van der Waals surface area (Å²) in [6, 6.07) is 10.8. The molecule has 0 heterocycles. The van der Waals surface area contributed by atoms with Gasteiger partial charge in [-0.15, -0.1) is 11.8 Å². The summed E-state index contributed by atoms with van der Waals surface area (Å²) in [5, 5.41) is 23.1. The fraction of sp³-hybridized carbons (Fsp3) is 0.0909. The zero-order valence-corrected chi connectivity index (χ0v) is 13.2. The minimum Gasteiger partial charge on any atom is -0.859 e. The maximum absolute atomic E-state index is 11.7. The van der Waals surface area contributed by atoms with Crippen LogP contribution in [0.3, 0.4) is 0 Å². The average Bonchev–Trinajstić information content (AvgIpc) is 2.31. The predicted octanol–water partition coefficient (Wildman–Crippen LogP) is -1.11. The summed E-state index contributed by atoms with van der Waals surface area (Å²) in [6.07, 6.45) is 1.73. The van der Waals surface area contributed by atoms with Crippen LogP contribution in [0.15, 0.2) is 41.8 Å². The van der Waals surface area contributed by atoms with Crippen LogP contribution in [0.25, 0.3) is 0 Å². The van der Waals surface area contributed by atoms with Gasteiger partial charge in [0.25, 0.3) is 0 Å². The molecule has 0 radical (unpaired) electrons. The van der Waals surface area contributed by atoms with Gasteiger partial charge in [0, 0.05) is 5.69 Å². The second-order valence-electron chi connectivity index (χ2n) is 2.80. The molecule has 1 aromatic carbocycles. The third kappa shape index (κ3) is 5.11. The van der Waals surface area contributed by atoms with E-state index in [1.54, 1.807) is 30.5 Å². The summed E-state index contributed by atoms with van der Waals surface area (Å²) in [7, 11) is 0. The molecule has 17 heavy (non-hydrogen) atoms. The van der Waals surface area contributed by atoms with E-state index in [0.29, 0.717) is 9.88 Å². The largest absolute Gasteiger partial charge is 1.00 e. The van der Waals surface area contributed by atoms with E-state index in [1.165, 1.54) is 11.8 Å². The Kier molecular flexibility index (Phi) is 8.30. The maximum atomic E-state index is 11.7. The van der Waals surface area contributed by atoms with Crippen molar-refractivity contribution in [2.75, 3.05) is 11.6 Å². The van der Waals surface area contributed by atoms with Gasteiger partial charge in [-0.25, -0.2) is 0 Å². The maximum Gasteiger partial charge on any atom is 1.00 e. The van der Waals surface area contributed by atoms with Gasteiger partial charge in [0.15, 0.2) is 0 Å². The second-order valence-corrected chi connectivity index (χ2v) is 4.28. The Hall–Kier alpha value is -0.510. The molecule has 1 aromatic rings. The monoisotopic (exact) mass is 272 g/mol. The summed E-state index contributed by atoms with van der Waals surface area (Å²) >= 11 is 6.12. The van der Waals surface area contributed by atoms with Crippen LogP contribution >= 0.6 is 24.0 Å². The third-order valence-electron chi connectivity index (χ3n) is 1.76. The Bertz CT molecular complexity index is 454. The van der Waals surface area contributed by atoms with Crippen LogP contribution in [0.1, 0.15) is 0 Å². The zero-order valence-electron chi connectivity index (χ0n) is 9.56. The van der Waals surface area contributed by atoms with E-state index in [2.05, 4.69) is 5.32 Å². The van der Waals surface area contributed by atoms with E-state index in [9.17, 15) is 5.11 Å². The number of anilines is 1. The Balaban J connectivity index is 0.00000256. The summed E-state index contributed by atoms with van der Waals surface area (Å²) in [5.74, 6) is -0.465. The Morgan fingerprint density at radius 3 is 2.47 bits per heavy atom. The van der Waals surface area contributed by atoms with Crippen LogP contribution in [0.2, 0.25) is 0 Å². The quantitative estimate of drug-likeness (QED) is 0.249. The number of nitrogens with zero attached hydrogens (tertiary/aromatic N) is 1. The molecular weight excluding hydrogens is 263 g/mol. The number of rotatable bonds is 3. The molecule has 0 amide bonds. The van der Waals surface area contributed by atoms with E-state index in [-0.39, 0.29) is 35.1 Å². The van der Waals surface area contributed by atoms with Crippen molar-refractivity contribution in [1.82, 2.24) is 0 Å². The molecule has 0 aromatic heterocycles. The molecule has 0 bridgehead atoms. The van der Waals surface area contributed by atoms with Crippen LogP contribution in [-0.2, 0) is 0 Å². The number of benzene rings is 1. The molecule has 0 spiro atoms. The van der Waals surface area contributed by atoms with Gasteiger partial charge in [-0.1, -0.05) is 30.4 Å². The molecule has 0 aliphatic heterocycles. The molecule has 3 nitrogen and oxygen atoms in total. The molecule has 6 heteroatoms. The summed E-state index contributed by atoms with van der Waals surface area (Å²) in [6.45, 7) is 0. The number of thiocarbonyl (C=S) groups is 1. The van der Waals surface area contributed by atoms with Crippen molar-refractivity contribution in [2.24, 2.45) is 0 Å². The van der Waals surface area contributed by atoms with Crippen molar-refractivity contribution in [2.45, 2.75) is 0 Å². The van der Waals surface area contributed by atoms with Gasteiger partial charge >= 0.3 is 29.6 Å². The number of hydrogen-bond donors (Lipinski definition) is 1. The van der Waals surface area contributed by atoms with E-state index in [0.717, 1.165) is 0 Å². The molecule has 0 fully saturated rings. The number of thioether (sulfide) groups is 1. The van der Waals surface area contributed by atoms with Gasteiger partial charge in [-0.3, -0.25) is 0 Å². The molecule has 0 saturated carbocycles. The van der Waals surface area contributed by atoms with Crippen molar-refractivity contribution in [3.63, 3.8) is 0 Å². The Morgan fingerprint density at radius 1 is 1.41 bits per heavy atom. The van der Waals surface area contributed by atoms with E-state index in [1.807, 2.05) is 12.1 Å². The second kappa shape index (κ2) is 8.56. The zero-order chi connectivity index (χ0) is 12.0. The predicted molar refractivity (Wildman–Crippen MR) is 68.8 cm³/mol. The van der Waals surface area contributed by atoms with Crippen LogP contribution in [0.4, 0.5) is 5.69 Å². The van der Waals surface area contributed by atoms with Gasteiger partial charge in [-0.05, 0) is 24.3 Å². The van der Waals surface area contributed by atoms with Crippen molar-refractivity contribution in [3.8, 4) is 6.07 Å². The van der Waals surface area contributed by atoms with Crippen molar-refractivity contribution in [1.29, 1.82) is 5.26 Å². The topological polar surface area (TPSA) is 58.9 Å². The molecule has 0 unspecified atom stereocenters. The standard InChI is InChI=1S/C11H10N2OS2.Na/c1-16-11(15)9(7-12)10(14)13-8-5-3-2-4-6-8;/h2-6,13-14H,1H3;/q;+1/p-1/b10-9-;. The van der Waals surface area contributed by atoms with E-state index >= 15 is 0 Å². The van der Waals surface area contributed by atoms with Crippen LogP contribution < -0.4 is 40.0 Å². The normalized spacial score (nSPS) is 10.6. The number of para-hydroxylation sites is 1.